The zero-order valence-corrected chi connectivity index (χ0v) is 13.6. The highest BCUT2D eigenvalue weighted by molar-refractivity contribution is 14.1. The third-order valence-corrected chi connectivity index (χ3v) is 3.46. The first kappa shape index (κ1) is 14.9. The van der Waals surface area contributed by atoms with Gasteiger partial charge in [-0.1, -0.05) is 6.07 Å². The Labute approximate surface area is 132 Å². The van der Waals surface area contributed by atoms with E-state index in [1.54, 1.807) is 20.4 Å². The van der Waals surface area contributed by atoms with Gasteiger partial charge >= 0.3 is 0 Å². The van der Waals surface area contributed by atoms with Crippen LogP contribution in [0.15, 0.2) is 36.5 Å². The highest BCUT2D eigenvalue weighted by Crippen LogP contribution is 2.27. The minimum atomic E-state index is 0.572. The molecule has 2 rings (SSSR count). The molecule has 0 spiro atoms. The molecule has 0 amide bonds. The van der Waals surface area contributed by atoms with E-state index in [4.69, 9.17) is 14.2 Å². The monoisotopic (exact) mass is 385 g/mol. The van der Waals surface area contributed by atoms with Crippen LogP contribution in [0.1, 0.15) is 5.56 Å². The second-order valence-corrected chi connectivity index (χ2v) is 5.35. The van der Waals surface area contributed by atoms with Crippen molar-refractivity contribution in [3.63, 3.8) is 0 Å². The van der Waals surface area contributed by atoms with Crippen LogP contribution < -0.4 is 14.2 Å². The molecular formula is C15H16INO3. The lowest BCUT2D eigenvalue weighted by atomic mass is 10.1. The smallest absolute Gasteiger partial charge is 0.214 e. The van der Waals surface area contributed by atoms with Crippen LogP contribution in [0.25, 0.3) is 0 Å². The third kappa shape index (κ3) is 4.00. The zero-order chi connectivity index (χ0) is 14.4. The van der Waals surface area contributed by atoms with Gasteiger partial charge in [0, 0.05) is 22.3 Å². The average molecular weight is 385 g/mol. The summed E-state index contributed by atoms with van der Waals surface area (Å²) in [5.41, 5.74) is 1.13. The first-order chi connectivity index (χ1) is 9.72. The summed E-state index contributed by atoms with van der Waals surface area (Å²) in [6.07, 6.45) is 2.53. The summed E-state index contributed by atoms with van der Waals surface area (Å²) in [5, 5.41) is 0. The van der Waals surface area contributed by atoms with Gasteiger partial charge in [0.2, 0.25) is 5.88 Å². The third-order valence-electron chi connectivity index (χ3n) is 2.79. The van der Waals surface area contributed by atoms with Crippen molar-refractivity contribution < 1.29 is 14.2 Å². The molecule has 106 valence electrons. The maximum Gasteiger partial charge on any atom is 0.214 e. The quantitative estimate of drug-likeness (QED) is 0.716. The number of ether oxygens (including phenoxy) is 3. The summed E-state index contributed by atoms with van der Waals surface area (Å²) in [4.78, 5) is 4.16. The number of benzene rings is 1. The van der Waals surface area contributed by atoms with Gasteiger partial charge in [-0.05, 0) is 46.4 Å². The van der Waals surface area contributed by atoms with Crippen LogP contribution in [-0.4, -0.2) is 25.8 Å². The van der Waals surface area contributed by atoms with Gasteiger partial charge in [-0.3, -0.25) is 0 Å². The number of aromatic nitrogens is 1. The molecule has 0 saturated carbocycles. The van der Waals surface area contributed by atoms with Crippen LogP contribution in [0.5, 0.6) is 17.4 Å². The molecule has 0 aliphatic heterocycles. The molecule has 0 atom stereocenters. The predicted molar refractivity (Wildman–Crippen MR) is 85.7 cm³/mol. The van der Waals surface area contributed by atoms with Gasteiger partial charge in [-0.2, -0.15) is 0 Å². The SMILES string of the molecule is COc1ccc(CCOc2cc(I)ccn2)cc1OC. The molecular weight excluding hydrogens is 369 g/mol. The number of nitrogens with zero attached hydrogens (tertiary/aromatic N) is 1. The van der Waals surface area contributed by atoms with Gasteiger partial charge in [0.05, 0.1) is 20.8 Å². The Bertz CT molecular complexity index is 575. The zero-order valence-electron chi connectivity index (χ0n) is 11.4. The van der Waals surface area contributed by atoms with Crippen molar-refractivity contribution in [3.05, 3.63) is 45.7 Å². The van der Waals surface area contributed by atoms with Gasteiger partial charge < -0.3 is 14.2 Å². The number of rotatable bonds is 6. The van der Waals surface area contributed by atoms with E-state index in [1.165, 1.54) is 0 Å². The lowest BCUT2D eigenvalue weighted by Crippen LogP contribution is -2.03. The van der Waals surface area contributed by atoms with E-state index in [0.717, 1.165) is 27.1 Å². The van der Waals surface area contributed by atoms with Crippen LogP contribution in [-0.2, 0) is 6.42 Å². The molecule has 0 bridgehead atoms. The molecule has 4 nitrogen and oxygen atoms in total. The van der Waals surface area contributed by atoms with Gasteiger partial charge in [0.15, 0.2) is 11.5 Å². The van der Waals surface area contributed by atoms with E-state index < -0.39 is 0 Å². The van der Waals surface area contributed by atoms with E-state index >= 15 is 0 Å². The Morgan fingerprint density at radius 1 is 1.05 bits per heavy atom. The molecule has 1 aromatic heterocycles. The summed E-state index contributed by atoms with van der Waals surface area (Å²) in [7, 11) is 3.26. The molecule has 0 fully saturated rings. The summed E-state index contributed by atoms with van der Waals surface area (Å²) >= 11 is 2.24. The summed E-state index contributed by atoms with van der Waals surface area (Å²) in [6.45, 7) is 0.572. The standard InChI is InChI=1S/C15H16INO3/c1-18-13-4-3-11(9-14(13)19-2)6-8-20-15-10-12(16)5-7-17-15/h3-5,7,9-10H,6,8H2,1-2H3. The molecule has 1 heterocycles. The average Bonchev–Trinajstić information content (AvgIpc) is 2.47. The Morgan fingerprint density at radius 3 is 2.55 bits per heavy atom. The molecule has 0 unspecified atom stereocenters. The molecule has 0 aliphatic carbocycles. The van der Waals surface area contributed by atoms with Gasteiger partial charge in [0.1, 0.15) is 0 Å². The summed E-state index contributed by atoms with van der Waals surface area (Å²) in [6, 6.07) is 9.71. The summed E-state index contributed by atoms with van der Waals surface area (Å²) < 4.78 is 17.2. The van der Waals surface area contributed by atoms with Gasteiger partial charge in [-0.25, -0.2) is 4.98 Å². The van der Waals surface area contributed by atoms with Crippen LogP contribution in [0.4, 0.5) is 0 Å². The fraction of sp³-hybridized carbons (Fsp3) is 0.267. The number of halogens is 1. The maximum absolute atomic E-state index is 5.63. The molecule has 0 aliphatic rings. The Hall–Kier alpha value is -1.50. The van der Waals surface area contributed by atoms with Crippen molar-refractivity contribution >= 4 is 22.6 Å². The van der Waals surface area contributed by atoms with E-state index in [2.05, 4.69) is 27.6 Å². The molecule has 5 heteroatoms. The minimum absolute atomic E-state index is 0.572. The van der Waals surface area contributed by atoms with Crippen molar-refractivity contribution in [2.24, 2.45) is 0 Å². The van der Waals surface area contributed by atoms with Crippen molar-refractivity contribution in [1.29, 1.82) is 0 Å². The van der Waals surface area contributed by atoms with Crippen LogP contribution in [0.3, 0.4) is 0 Å². The predicted octanol–water partition coefficient (Wildman–Crippen LogP) is 3.32. The van der Waals surface area contributed by atoms with Crippen molar-refractivity contribution in [3.8, 4) is 17.4 Å². The van der Waals surface area contributed by atoms with E-state index in [9.17, 15) is 0 Å². The molecule has 0 saturated heterocycles. The Morgan fingerprint density at radius 2 is 1.85 bits per heavy atom. The molecule has 2 aromatic rings. The lowest BCUT2D eigenvalue weighted by molar-refractivity contribution is 0.308. The van der Waals surface area contributed by atoms with E-state index in [-0.39, 0.29) is 0 Å². The first-order valence-electron chi connectivity index (χ1n) is 6.18. The van der Waals surface area contributed by atoms with Gasteiger partial charge in [0.25, 0.3) is 0 Å². The number of hydrogen-bond acceptors (Lipinski definition) is 4. The first-order valence-corrected chi connectivity index (χ1v) is 7.26. The van der Waals surface area contributed by atoms with Crippen molar-refractivity contribution in [2.45, 2.75) is 6.42 Å². The molecule has 0 N–H and O–H groups in total. The number of methoxy groups -OCH3 is 2. The van der Waals surface area contributed by atoms with Crippen LogP contribution in [0, 0.1) is 3.57 Å². The van der Waals surface area contributed by atoms with Gasteiger partial charge in [-0.15, -0.1) is 0 Å². The maximum atomic E-state index is 5.63. The Kier molecular flexibility index (Phi) is 5.46. The lowest BCUT2D eigenvalue weighted by Gasteiger charge is -2.10. The normalized spacial score (nSPS) is 10.2. The largest absolute Gasteiger partial charge is 0.493 e. The fourth-order valence-electron chi connectivity index (χ4n) is 1.77. The van der Waals surface area contributed by atoms with Crippen LogP contribution in [0.2, 0.25) is 0 Å². The highest BCUT2D eigenvalue weighted by atomic mass is 127. The number of hydrogen-bond donors (Lipinski definition) is 0. The highest BCUT2D eigenvalue weighted by Gasteiger charge is 2.05. The van der Waals surface area contributed by atoms with E-state index in [0.29, 0.717) is 12.5 Å². The molecule has 20 heavy (non-hydrogen) atoms. The second-order valence-electron chi connectivity index (χ2n) is 4.10. The van der Waals surface area contributed by atoms with E-state index in [1.807, 2.05) is 30.3 Å². The van der Waals surface area contributed by atoms with Crippen molar-refractivity contribution in [1.82, 2.24) is 4.98 Å². The number of pyridine rings is 1. The molecule has 1 aromatic carbocycles. The fourth-order valence-corrected chi connectivity index (χ4v) is 2.20. The Balaban J connectivity index is 1.94. The van der Waals surface area contributed by atoms with Crippen molar-refractivity contribution in [2.75, 3.05) is 20.8 Å². The molecule has 0 radical (unpaired) electrons. The second kappa shape index (κ2) is 7.33. The topological polar surface area (TPSA) is 40.6 Å². The minimum Gasteiger partial charge on any atom is -0.493 e. The summed E-state index contributed by atoms with van der Waals surface area (Å²) in [5.74, 6) is 2.12. The van der Waals surface area contributed by atoms with Crippen LogP contribution >= 0.6 is 22.6 Å².